The van der Waals surface area contributed by atoms with Crippen LogP contribution >= 0.6 is 11.6 Å². The van der Waals surface area contributed by atoms with Gasteiger partial charge in [-0.1, -0.05) is 42.8 Å². The van der Waals surface area contributed by atoms with Crippen molar-refractivity contribution in [1.82, 2.24) is 10.2 Å². The monoisotopic (exact) mass is 507 g/mol. The van der Waals surface area contributed by atoms with Gasteiger partial charge in [0.15, 0.2) is 0 Å². The Morgan fingerprint density at radius 2 is 1.74 bits per heavy atom. The van der Waals surface area contributed by atoms with Gasteiger partial charge in [-0.3, -0.25) is 13.9 Å². The minimum atomic E-state index is -3.77. The van der Waals surface area contributed by atoms with E-state index in [1.165, 1.54) is 4.90 Å². The van der Waals surface area contributed by atoms with Crippen LogP contribution in [-0.2, 0) is 26.2 Å². The fourth-order valence-corrected chi connectivity index (χ4v) is 4.59. The van der Waals surface area contributed by atoms with E-state index >= 15 is 0 Å². The molecular formula is C25H34ClN3O4S. The Balaban J connectivity index is 2.43. The highest BCUT2D eigenvalue weighted by molar-refractivity contribution is 7.92. The molecule has 0 bridgehead atoms. The van der Waals surface area contributed by atoms with Crippen molar-refractivity contribution in [3.05, 3.63) is 64.2 Å². The molecule has 0 radical (unpaired) electrons. The first-order chi connectivity index (χ1) is 15.8. The molecule has 0 aliphatic heterocycles. The highest BCUT2D eigenvalue weighted by Gasteiger charge is 2.31. The number of carbonyl (C=O) groups excluding carboxylic acids is 2. The number of halogens is 1. The second kappa shape index (κ2) is 11.7. The summed E-state index contributed by atoms with van der Waals surface area (Å²) in [7, 11) is -3.77. The van der Waals surface area contributed by atoms with Gasteiger partial charge in [-0.15, -0.1) is 0 Å². The van der Waals surface area contributed by atoms with E-state index in [0.29, 0.717) is 10.7 Å². The Morgan fingerprint density at radius 1 is 1.09 bits per heavy atom. The molecule has 0 aliphatic rings. The average molecular weight is 508 g/mol. The van der Waals surface area contributed by atoms with E-state index in [-0.39, 0.29) is 18.5 Å². The zero-order chi connectivity index (χ0) is 25.6. The Labute approximate surface area is 208 Å². The standard InChI is InChI=1S/C25H34ClN3O4S/c1-7-18(3)27-25(31)20(5)28(15-21-11-9-12-22(26)14-21)24(30)16-29(34(6,32)33)23-13-8-10-17(2)19(23)4/h8-14,18,20H,7,15-16H2,1-6H3,(H,27,31)/t18-,20-/m0/s1. The first kappa shape index (κ1) is 27.7. The number of nitrogens with zero attached hydrogens (tertiary/aromatic N) is 2. The quantitative estimate of drug-likeness (QED) is 0.525. The van der Waals surface area contributed by atoms with Crippen LogP contribution in [0.1, 0.15) is 43.9 Å². The van der Waals surface area contributed by atoms with Gasteiger partial charge in [-0.25, -0.2) is 8.42 Å². The van der Waals surface area contributed by atoms with E-state index in [2.05, 4.69) is 5.32 Å². The lowest BCUT2D eigenvalue weighted by Crippen LogP contribution is -2.52. The molecule has 0 unspecified atom stereocenters. The summed E-state index contributed by atoms with van der Waals surface area (Å²) in [6, 6.07) is 11.5. The molecule has 0 spiro atoms. The molecule has 2 atom stereocenters. The van der Waals surface area contributed by atoms with Crippen molar-refractivity contribution < 1.29 is 18.0 Å². The Kier molecular flexibility index (Phi) is 9.53. The molecule has 2 aromatic rings. The van der Waals surface area contributed by atoms with Crippen LogP contribution in [0.4, 0.5) is 5.69 Å². The molecule has 2 amide bonds. The van der Waals surface area contributed by atoms with Crippen LogP contribution in [0.25, 0.3) is 0 Å². The molecule has 7 nitrogen and oxygen atoms in total. The average Bonchev–Trinajstić information content (AvgIpc) is 2.76. The van der Waals surface area contributed by atoms with Crippen LogP contribution < -0.4 is 9.62 Å². The Hall–Kier alpha value is -2.58. The van der Waals surface area contributed by atoms with Crippen LogP contribution in [0, 0.1) is 13.8 Å². The maximum absolute atomic E-state index is 13.6. The number of hydrogen-bond donors (Lipinski definition) is 1. The zero-order valence-corrected chi connectivity index (χ0v) is 22.2. The summed E-state index contributed by atoms with van der Waals surface area (Å²) in [6.07, 6.45) is 1.82. The Bertz CT molecular complexity index is 1140. The SMILES string of the molecule is CC[C@H](C)NC(=O)[C@H](C)N(Cc1cccc(Cl)c1)C(=O)CN(c1cccc(C)c1C)S(C)(=O)=O. The molecule has 1 N–H and O–H groups in total. The molecule has 0 saturated carbocycles. The molecule has 0 saturated heterocycles. The van der Waals surface area contributed by atoms with Crippen LogP contribution in [0.15, 0.2) is 42.5 Å². The summed E-state index contributed by atoms with van der Waals surface area (Å²) in [6.45, 7) is 8.87. The van der Waals surface area contributed by atoms with E-state index in [1.807, 2.05) is 39.8 Å². The summed E-state index contributed by atoms with van der Waals surface area (Å²) in [5.41, 5.74) is 2.86. The Morgan fingerprint density at radius 3 is 2.32 bits per heavy atom. The van der Waals surface area contributed by atoms with Crippen LogP contribution in [0.2, 0.25) is 5.02 Å². The van der Waals surface area contributed by atoms with Crippen molar-refractivity contribution in [2.45, 2.75) is 59.7 Å². The number of amides is 2. The molecule has 0 heterocycles. The predicted octanol–water partition coefficient (Wildman–Crippen LogP) is 4.05. The van der Waals surface area contributed by atoms with Crippen molar-refractivity contribution >= 4 is 39.1 Å². The highest BCUT2D eigenvalue weighted by atomic mass is 35.5. The third-order valence-corrected chi connectivity index (χ3v) is 7.30. The lowest BCUT2D eigenvalue weighted by molar-refractivity contribution is -0.139. The van der Waals surface area contributed by atoms with Crippen LogP contribution in [0.3, 0.4) is 0 Å². The van der Waals surface area contributed by atoms with Crippen LogP contribution in [-0.4, -0.2) is 50.0 Å². The predicted molar refractivity (Wildman–Crippen MR) is 137 cm³/mol. The molecule has 186 valence electrons. The van der Waals surface area contributed by atoms with Crippen molar-refractivity contribution in [2.24, 2.45) is 0 Å². The van der Waals surface area contributed by atoms with E-state index in [4.69, 9.17) is 11.6 Å². The smallest absolute Gasteiger partial charge is 0.244 e. The van der Waals surface area contributed by atoms with Crippen LogP contribution in [0.5, 0.6) is 0 Å². The molecule has 0 aliphatic carbocycles. The maximum Gasteiger partial charge on any atom is 0.244 e. The van der Waals surface area contributed by atoms with Crippen molar-refractivity contribution in [1.29, 1.82) is 0 Å². The van der Waals surface area contributed by atoms with Gasteiger partial charge >= 0.3 is 0 Å². The lowest BCUT2D eigenvalue weighted by Gasteiger charge is -2.32. The fourth-order valence-electron chi connectivity index (χ4n) is 3.48. The summed E-state index contributed by atoms with van der Waals surface area (Å²) >= 11 is 6.12. The van der Waals surface area contributed by atoms with Gasteiger partial charge in [0.25, 0.3) is 0 Å². The first-order valence-electron chi connectivity index (χ1n) is 11.2. The highest BCUT2D eigenvalue weighted by Crippen LogP contribution is 2.25. The summed E-state index contributed by atoms with van der Waals surface area (Å²) in [5, 5.41) is 3.41. The summed E-state index contributed by atoms with van der Waals surface area (Å²) in [4.78, 5) is 27.9. The van der Waals surface area contributed by atoms with Gasteiger partial charge in [-0.05, 0) is 69.0 Å². The lowest BCUT2D eigenvalue weighted by atomic mass is 10.1. The number of benzene rings is 2. The third kappa shape index (κ3) is 7.21. The number of aryl methyl sites for hydroxylation is 1. The number of nitrogens with one attached hydrogen (secondary N) is 1. The van der Waals surface area contributed by atoms with Crippen molar-refractivity contribution in [3.8, 4) is 0 Å². The second-order valence-corrected chi connectivity index (χ2v) is 11.0. The van der Waals surface area contributed by atoms with Gasteiger partial charge in [0, 0.05) is 17.6 Å². The van der Waals surface area contributed by atoms with Gasteiger partial charge in [0.1, 0.15) is 12.6 Å². The fraction of sp³-hybridized carbons (Fsp3) is 0.440. The summed E-state index contributed by atoms with van der Waals surface area (Å²) < 4.78 is 26.5. The first-order valence-corrected chi connectivity index (χ1v) is 13.5. The van der Waals surface area contributed by atoms with Gasteiger partial charge in [0.05, 0.1) is 11.9 Å². The largest absolute Gasteiger partial charge is 0.352 e. The number of anilines is 1. The molecule has 2 rings (SSSR count). The number of carbonyl (C=O) groups is 2. The van der Waals surface area contributed by atoms with E-state index < -0.39 is 28.5 Å². The third-order valence-electron chi connectivity index (χ3n) is 5.93. The van der Waals surface area contributed by atoms with Gasteiger partial charge in [0.2, 0.25) is 21.8 Å². The number of hydrogen-bond acceptors (Lipinski definition) is 4. The van der Waals surface area contributed by atoms with Crippen molar-refractivity contribution in [2.75, 3.05) is 17.1 Å². The maximum atomic E-state index is 13.6. The zero-order valence-electron chi connectivity index (χ0n) is 20.6. The summed E-state index contributed by atoms with van der Waals surface area (Å²) in [5.74, 6) is -0.791. The molecule has 2 aromatic carbocycles. The molecule has 9 heteroatoms. The van der Waals surface area contributed by atoms with Gasteiger partial charge in [-0.2, -0.15) is 0 Å². The van der Waals surface area contributed by atoms with E-state index in [9.17, 15) is 18.0 Å². The van der Waals surface area contributed by atoms with E-state index in [0.717, 1.165) is 33.7 Å². The number of rotatable bonds is 10. The van der Waals surface area contributed by atoms with E-state index in [1.54, 1.807) is 37.3 Å². The minimum Gasteiger partial charge on any atom is -0.352 e. The minimum absolute atomic E-state index is 0.0551. The molecule has 0 aromatic heterocycles. The topological polar surface area (TPSA) is 86.8 Å². The van der Waals surface area contributed by atoms with Gasteiger partial charge < -0.3 is 10.2 Å². The normalized spacial score (nSPS) is 13.1. The van der Waals surface area contributed by atoms with Crippen molar-refractivity contribution in [3.63, 3.8) is 0 Å². The molecule has 34 heavy (non-hydrogen) atoms. The second-order valence-electron chi connectivity index (χ2n) is 8.63. The molecule has 0 fully saturated rings. The molecular weight excluding hydrogens is 474 g/mol. The number of sulfonamides is 1.